The lowest BCUT2D eigenvalue weighted by Gasteiger charge is -2.43. The van der Waals surface area contributed by atoms with Crippen LogP contribution >= 0.6 is 0 Å². The van der Waals surface area contributed by atoms with Crippen molar-refractivity contribution in [1.29, 1.82) is 0 Å². The Morgan fingerprint density at radius 2 is 1.95 bits per heavy atom. The maximum Gasteiger partial charge on any atom is 0.127 e. The number of rotatable bonds is 4. The van der Waals surface area contributed by atoms with Crippen molar-refractivity contribution in [3.63, 3.8) is 0 Å². The first-order valence-corrected chi connectivity index (χ1v) is 7.78. The van der Waals surface area contributed by atoms with Crippen LogP contribution in [-0.2, 0) is 5.54 Å². The first kappa shape index (κ1) is 15.3. The second-order valence-electron chi connectivity index (χ2n) is 5.82. The molecule has 0 saturated heterocycles. The van der Waals surface area contributed by atoms with Crippen molar-refractivity contribution in [2.24, 2.45) is 5.73 Å². The Morgan fingerprint density at radius 1 is 1.25 bits per heavy atom. The molecule has 0 radical (unpaired) electrons. The third-order valence-electron chi connectivity index (χ3n) is 4.61. The van der Waals surface area contributed by atoms with Crippen molar-refractivity contribution >= 4 is 0 Å². The summed E-state index contributed by atoms with van der Waals surface area (Å²) >= 11 is 0. The van der Waals surface area contributed by atoms with E-state index >= 15 is 0 Å². The van der Waals surface area contributed by atoms with Crippen LogP contribution < -0.4 is 10.5 Å². The van der Waals surface area contributed by atoms with Crippen LogP contribution in [0.2, 0.25) is 0 Å². The van der Waals surface area contributed by atoms with Gasteiger partial charge in [-0.3, -0.25) is 4.90 Å². The van der Waals surface area contributed by atoms with Crippen LogP contribution in [0.5, 0.6) is 5.75 Å². The van der Waals surface area contributed by atoms with E-state index in [0.29, 0.717) is 6.54 Å². The molecule has 0 spiro atoms. The molecule has 0 aromatic heterocycles. The molecule has 1 atom stereocenters. The van der Waals surface area contributed by atoms with Crippen molar-refractivity contribution in [3.8, 4) is 5.75 Å². The van der Waals surface area contributed by atoms with Crippen LogP contribution in [0.3, 0.4) is 0 Å². The molecule has 1 aromatic carbocycles. The number of hydrogen-bond donors (Lipinski definition) is 1. The summed E-state index contributed by atoms with van der Waals surface area (Å²) in [4.78, 5) is 2.50. The molecule has 2 N–H and O–H groups in total. The van der Waals surface area contributed by atoms with Gasteiger partial charge in [-0.1, -0.05) is 31.5 Å². The van der Waals surface area contributed by atoms with Gasteiger partial charge in [-0.2, -0.15) is 0 Å². The smallest absolute Gasteiger partial charge is 0.127 e. The number of ether oxygens (including phenoxy) is 1. The third-order valence-corrected chi connectivity index (χ3v) is 4.61. The Labute approximate surface area is 123 Å². The summed E-state index contributed by atoms with van der Waals surface area (Å²) in [6.45, 7) is 12.2. The quantitative estimate of drug-likeness (QED) is 0.919. The maximum atomic E-state index is 6.28. The Morgan fingerprint density at radius 3 is 2.55 bits per heavy atom. The number of fused-ring (bicyclic) bond motifs is 1. The lowest BCUT2D eigenvalue weighted by atomic mass is 9.82. The maximum absolute atomic E-state index is 6.28. The van der Waals surface area contributed by atoms with E-state index in [2.05, 4.69) is 44.7 Å². The molecule has 0 saturated carbocycles. The van der Waals surface area contributed by atoms with Crippen LogP contribution in [0.4, 0.5) is 0 Å². The molecule has 1 unspecified atom stereocenters. The van der Waals surface area contributed by atoms with Gasteiger partial charge in [0.15, 0.2) is 0 Å². The average Bonchev–Trinajstić information content (AvgIpc) is 2.61. The van der Waals surface area contributed by atoms with Crippen LogP contribution in [0.15, 0.2) is 12.1 Å². The largest absolute Gasteiger partial charge is 0.493 e. The molecule has 3 heteroatoms. The van der Waals surface area contributed by atoms with E-state index in [9.17, 15) is 0 Å². The van der Waals surface area contributed by atoms with Gasteiger partial charge in [-0.15, -0.1) is 0 Å². The summed E-state index contributed by atoms with van der Waals surface area (Å²) in [6.07, 6.45) is 2.13. The van der Waals surface area contributed by atoms with E-state index in [-0.39, 0.29) is 5.54 Å². The van der Waals surface area contributed by atoms with Crippen LogP contribution in [-0.4, -0.2) is 31.1 Å². The van der Waals surface area contributed by atoms with Crippen molar-refractivity contribution in [1.82, 2.24) is 4.90 Å². The molecule has 3 nitrogen and oxygen atoms in total. The molecule has 1 aliphatic heterocycles. The van der Waals surface area contributed by atoms with E-state index in [1.165, 1.54) is 16.7 Å². The topological polar surface area (TPSA) is 38.5 Å². The minimum Gasteiger partial charge on any atom is -0.493 e. The Kier molecular flexibility index (Phi) is 4.71. The normalized spacial score (nSPS) is 22.3. The Hall–Kier alpha value is -1.06. The molecule has 1 heterocycles. The zero-order valence-corrected chi connectivity index (χ0v) is 13.3. The van der Waals surface area contributed by atoms with Crippen molar-refractivity contribution in [3.05, 3.63) is 28.8 Å². The monoisotopic (exact) mass is 276 g/mol. The fourth-order valence-corrected chi connectivity index (χ4v) is 3.66. The van der Waals surface area contributed by atoms with Gasteiger partial charge < -0.3 is 10.5 Å². The molecular formula is C17H28N2O. The molecule has 0 bridgehead atoms. The first-order valence-electron chi connectivity index (χ1n) is 7.78. The van der Waals surface area contributed by atoms with Gasteiger partial charge in [0.05, 0.1) is 12.1 Å². The number of likely N-dealkylation sites (N-methyl/N-ethyl adjacent to an activating group) is 1. The summed E-state index contributed by atoms with van der Waals surface area (Å²) in [6, 6.07) is 4.48. The number of nitrogens with two attached hydrogens (primary N) is 1. The summed E-state index contributed by atoms with van der Waals surface area (Å²) in [5, 5.41) is 0. The lowest BCUT2D eigenvalue weighted by molar-refractivity contribution is 0.0952. The highest BCUT2D eigenvalue weighted by Crippen LogP contribution is 2.42. The van der Waals surface area contributed by atoms with Gasteiger partial charge in [0.1, 0.15) is 5.75 Å². The van der Waals surface area contributed by atoms with Gasteiger partial charge >= 0.3 is 0 Å². The van der Waals surface area contributed by atoms with Gasteiger partial charge in [0.25, 0.3) is 0 Å². The van der Waals surface area contributed by atoms with E-state index in [1.54, 1.807) is 0 Å². The summed E-state index contributed by atoms with van der Waals surface area (Å²) < 4.78 is 6.05. The number of benzene rings is 1. The number of hydrogen-bond acceptors (Lipinski definition) is 3. The average molecular weight is 276 g/mol. The minimum atomic E-state index is -0.0773. The molecule has 0 fully saturated rings. The summed E-state index contributed by atoms with van der Waals surface area (Å²) in [7, 11) is 0. The second kappa shape index (κ2) is 6.15. The zero-order chi connectivity index (χ0) is 14.8. The highest BCUT2D eigenvalue weighted by atomic mass is 16.5. The highest BCUT2D eigenvalue weighted by Gasteiger charge is 2.39. The molecule has 1 aliphatic rings. The van der Waals surface area contributed by atoms with Gasteiger partial charge in [0.2, 0.25) is 0 Å². The Balaban J connectivity index is 2.65. The zero-order valence-electron chi connectivity index (χ0n) is 13.3. The third kappa shape index (κ3) is 2.45. The van der Waals surface area contributed by atoms with Gasteiger partial charge in [0, 0.05) is 12.1 Å². The summed E-state index contributed by atoms with van der Waals surface area (Å²) in [5.74, 6) is 1.06. The van der Waals surface area contributed by atoms with E-state index < -0.39 is 0 Å². The first-order chi connectivity index (χ1) is 9.58. The molecule has 112 valence electrons. The molecule has 2 rings (SSSR count). The fourth-order valence-electron chi connectivity index (χ4n) is 3.66. The number of nitrogens with zero attached hydrogens (tertiary/aromatic N) is 1. The van der Waals surface area contributed by atoms with E-state index in [1.807, 2.05) is 0 Å². The fraction of sp³-hybridized carbons (Fsp3) is 0.647. The SMILES string of the molecule is CCN(CC)C1(CN)CCCOc2c(C)cc(C)cc21. The van der Waals surface area contributed by atoms with E-state index in [4.69, 9.17) is 10.5 Å². The number of aryl methyl sites for hydroxylation is 2. The molecule has 1 aromatic rings. The van der Waals surface area contributed by atoms with Gasteiger partial charge in [-0.05, 0) is 45.3 Å². The van der Waals surface area contributed by atoms with Gasteiger partial charge in [-0.25, -0.2) is 0 Å². The van der Waals surface area contributed by atoms with Crippen LogP contribution in [0.1, 0.15) is 43.4 Å². The van der Waals surface area contributed by atoms with Crippen molar-refractivity contribution in [2.75, 3.05) is 26.2 Å². The van der Waals surface area contributed by atoms with Crippen LogP contribution in [0.25, 0.3) is 0 Å². The predicted octanol–water partition coefficient (Wildman–Crippen LogP) is 2.97. The Bertz CT molecular complexity index is 468. The predicted molar refractivity (Wildman–Crippen MR) is 84.3 cm³/mol. The van der Waals surface area contributed by atoms with Crippen LogP contribution in [0, 0.1) is 13.8 Å². The van der Waals surface area contributed by atoms with Crippen molar-refractivity contribution < 1.29 is 4.74 Å². The second-order valence-corrected chi connectivity index (χ2v) is 5.82. The van der Waals surface area contributed by atoms with Crippen molar-refractivity contribution in [2.45, 2.75) is 46.1 Å². The lowest BCUT2D eigenvalue weighted by Crippen LogP contribution is -2.51. The molecule has 20 heavy (non-hydrogen) atoms. The minimum absolute atomic E-state index is 0.0773. The highest BCUT2D eigenvalue weighted by molar-refractivity contribution is 5.48. The molecular weight excluding hydrogens is 248 g/mol. The standard InChI is InChI=1S/C17H28N2O/c1-5-19(6-2)17(12-18)8-7-9-20-16-14(4)10-13(3)11-15(16)17/h10-11H,5-9,12,18H2,1-4H3. The van der Waals surface area contributed by atoms with E-state index in [0.717, 1.165) is 38.3 Å². The summed E-state index contributed by atoms with van der Waals surface area (Å²) in [5.41, 5.74) is 10.0. The molecule has 0 amide bonds. The molecule has 0 aliphatic carbocycles.